The zero-order chi connectivity index (χ0) is 22.3. The molecule has 3 aromatic rings. The van der Waals surface area contributed by atoms with Crippen molar-refractivity contribution in [2.45, 2.75) is 18.9 Å². The summed E-state index contributed by atoms with van der Waals surface area (Å²) < 4.78 is 43.6. The normalized spacial score (nSPS) is 14.1. The molecule has 1 aliphatic heterocycles. The van der Waals surface area contributed by atoms with Gasteiger partial charge in [-0.3, -0.25) is 4.79 Å². The Kier molecular flexibility index (Phi) is 6.79. The number of carbonyl (C=O) groups excluding carboxylic acids is 1. The summed E-state index contributed by atoms with van der Waals surface area (Å²) in [6, 6.07) is 15.6. The maximum Gasteiger partial charge on any atom is 0.260 e. The van der Waals surface area contributed by atoms with Crippen molar-refractivity contribution in [2.24, 2.45) is 0 Å². The fraction of sp³-hybridized carbons (Fsp3) is 0.250. The van der Waals surface area contributed by atoms with Crippen LogP contribution in [0.3, 0.4) is 0 Å². The lowest BCUT2D eigenvalue weighted by Gasteiger charge is -2.32. The van der Waals surface area contributed by atoms with Crippen LogP contribution in [0.5, 0.6) is 23.1 Å². The maximum absolute atomic E-state index is 13.7. The van der Waals surface area contributed by atoms with Crippen LogP contribution in [0.4, 0.5) is 8.78 Å². The first kappa shape index (κ1) is 21.5. The Morgan fingerprint density at radius 1 is 1.00 bits per heavy atom. The highest BCUT2D eigenvalue weighted by Crippen LogP contribution is 2.24. The van der Waals surface area contributed by atoms with E-state index < -0.39 is 11.6 Å². The molecule has 1 amide bonds. The van der Waals surface area contributed by atoms with Crippen molar-refractivity contribution in [1.82, 2.24) is 9.88 Å². The fourth-order valence-corrected chi connectivity index (χ4v) is 3.34. The van der Waals surface area contributed by atoms with Crippen LogP contribution in [0.1, 0.15) is 12.8 Å². The summed E-state index contributed by atoms with van der Waals surface area (Å²) >= 11 is 0. The number of carbonyl (C=O) groups is 1. The molecule has 32 heavy (non-hydrogen) atoms. The van der Waals surface area contributed by atoms with Gasteiger partial charge >= 0.3 is 0 Å². The molecule has 1 aromatic heterocycles. The lowest BCUT2D eigenvalue weighted by atomic mass is 10.1. The number of benzene rings is 2. The molecule has 0 spiro atoms. The van der Waals surface area contributed by atoms with Crippen molar-refractivity contribution >= 4 is 5.91 Å². The molecule has 0 radical (unpaired) electrons. The molecule has 166 valence electrons. The number of hydrogen-bond donors (Lipinski definition) is 0. The fourth-order valence-electron chi connectivity index (χ4n) is 3.34. The second-order valence-electron chi connectivity index (χ2n) is 7.30. The molecule has 4 rings (SSSR count). The molecule has 8 heteroatoms. The molecule has 2 heterocycles. The number of piperidine rings is 1. The monoisotopic (exact) mass is 440 g/mol. The van der Waals surface area contributed by atoms with Gasteiger partial charge in [0, 0.05) is 44.3 Å². The van der Waals surface area contributed by atoms with Crippen LogP contribution >= 0.6 is 0 Å². The average Bonchev–Trinajstić information content (AvgIpc) is 2.81. The van der Waals surface area contributed by atoms with Gasteiger partial charge in [-0.05, 0) is 42.5 Å². The number of likely N-dealkylation sites (tertiary alicyclic amines) is 1. The Balaban J connectivity index is 1.21. The number of aromatic nitrogens is 1. The molecule has 2 aromatic carbocycles. The van der Waals surface area contributed by atoms with Crippen molar-refractivity contribution in [3.8, 4) is 23.1 Å². The van der Waals surface area contributed by atoms with E-state index in [0.717, 1.165) is 12.1 Å². The van der Waals surface area contributed by atoms with E-state index in [0.29, 0.717) is 43.3 Å². The van der Waals surface area contributed by atoms with E-state index >= 15 is 0 Å². The van der Waals surface area contributed by atoms with Crippen molar-refractivity contribution in [1.29, 1.82) is 0 Å². The number of halogens is 2. The van der Waals surface area contributed by atoms with Crippen LogP contribution in [-0.4, -0.2) is 41.6 Å². The Bertz CT molecular complexity index is 1040. The molecule has 0 unspecified atom stereocenters. The lowest BCUT2D eigenvalue weighted by Crippen LogP contribution is -2.43. The summed E-state index contributed by atoms with van der Waals surface area (Å²) in [6.07, 6.45) is 2.53. The van der Waals surface area contributed by atoms with E-state index in [4.69, 9.17) is 14.2 Å². The number of pyridine rings is 1. The molecule has 1 aliphatic rings. The standard InChI is InChI=1S/C24H22F2N2O4/c25-17-4-9-22(21(26)15-17)31-20-10-13-28(14-11-20)24(29)16-30-18-5-7-19(8-6-18)32-23-3-1-2-12-27-23/h1-9,12,15,20H,10-11,13-14,16H2. The lowest BCUT2D eigenvalue weighted by molar-refractivity contribution is -0.135. The van der Waals surface area contributed by atoms with E-state index in [1.54, 1.807) is 41.4 Å². The highest BCUT2D eigenvalue weighted by Gasteiger charge is 2.25. The summed E-state index contributed by atoms with van der Waals surface area (Å²) in [7, 11) is 0. The van der Waals surface area contributed by atoms with Gasteiger partial charge in [-0.15, -0.1) is 0 Å². The second-order valence-corrected chi connectivity index (χ2v) is 7.30. The summed E-state index contributed by atoms with van der Waals surface area (Å²) in [5, 5.41) is 0. The van der Waals surface area contributed by atoms with Crippen LogP contribution < -0.4 is 14.2 Å². The third-order valence-electron chi connectivity index (χ3n) is 5.03. The van der Waals surface area contributed by atoms with Gasteiger partial charge in [0.25, 0.3) is 5.91 Å². The number of nitrogens with zero attached hydrogens (tertiary/aromatic N) is 2. The van der Waals surface area contributed by atoms with Gasteiger partial charge in [0.05, 0.1) is 0 Å². The minimum absolute atomic E-state index is 0.0231. The minimum Gasteiger partial charge on any atom is -0.487 e. The minimum atomic E-state index is -0.728. The van der Waals surface area contributed by atoms with Crippen molar-refractivity contribution in [3.05, 3.63) is 78.5 Å². The first-order valence-corrected chi connectivity index (χ1v) is 10.3. The number of amides is 1. The summed E-state index contributed by atoms with van der Waals surface area (Å²) in [4.78, 5) is 18.3. The highest BCUT2D eigenvalue weighted by molar-refractivity contribution is 5.77. The molecule has 0 N–H and O–H groups in total. The van der Waals surface area contributed by atoms with Gasteiger partial charge in [0.2, 0.25) is 5.88 Å². The van der Waals surface area contributed by atoms with Crippen LogP contribution in [0, 0.1) is 11.6 Å². The molecule has 1 saturated heterocycles. The van der Waals surface area contributed by atoms with E-state index in [1.807, 2.05) is 12.1 Å². The van der Waals surface area contributed by atoms with Crippen LogP contribution in [0.2, 0.25) is 0 Å². The highest BCUT2D eigenvalue weighted by atomic mass is 19.1. The number of hydrogen-bond acceptors (Lipinski definition) is 5. The molecule has 0 saturated carbocycles. The zero-order valence-electron chi connectivity index (χ0n) is 17.2. The maximum atomic E-state index is 13.7. The third-order valence-corrected chi connectivity index (χ3v) is 5.03. The second kappa shape index (κ2) is 10.1. The Morgan fingerprint density at radius 3 is 2.44 bits per heavy atom. The molecule has 0 aliphatic carbocycles. The quantitative estimate of drug-likeness (QED) is 0.537. The number of ether oxygens (including phenoxy) is 3. The van der Waals surface area contributed by atoms with Gasteiger partial charge in [-0.1, -0.05) is 6.07 Å². The zero-order valence-corrected chi connectivity index (χ0v) is 17.2. The Morgan fingerprint density at radius 2 is 1.75 bits per heavy atom. The predicted molar refractivity (Wildman–Crippen MR) is 113 cm³/mol. The van der Waals surface area contributed by atoms with E-state index in [1.165, 1.54) is 6.07 Å². The smallest absolute Gasteiger partial charge is 0.260 e. The van der Waals surface area contributed by atoms with Crippen molar-refractivity contribution in [3.63, 3.8) is 0 Å². The average molecular weight is 440 g/mol. The third kappa shape index (κ3) is 5.72. The number of rotatable bonds is 7. The molecule has 1 fully saturated rings. The largest absolute Gasteiger partial charge is 0.487 e. The molecular formula is C24H22F2N2O4. The Hall–Kier alpha value is -3.68. The summed E-state index contributed by atoms with van der Waals surface area (Å²) in [5.74, 6) is 0.170. The first-order chi connectivity index (χ1) is 15.6. The van der Waals surface area contributed by atoms with Crippen molar-refractivity contribution in [2.75, 3.05) is 19.7 Å². The molecular weight excluding hydrogens is 418 g/mol. The SMILES string of the molecule is O=C(COc1ccc(Oc2ccccn2)cc1)N1CCC(Oc2ccc(F)cc2F)CC1. The summed E-state index contributed by atoms with van der Waals surface area (Å²) in [6.45, 7) is 0.873. The van der Waals surface area contributed by atoms with E-state index in [9.17, 15) is 13.6 Å². The molecule has 0 atom stereocenters. The first-order valence-electron chi connectivity index (χ1n) is 10.3. The van der Waals surface area contributed by atoms with Gasteiger partial charge in [0.15, 0.2) is 18.2 Å². The van der Waals surface area contributed by atoms with Crippen molar-refractivity contribution < 1.29 is 27.8 Å². The van der Waals surface area contributed by atoms with Crippen LogP contribution in [0.15, 0.2) is 66.9 Å². The van der Waals surface area contributed by atoms with Gasteiger partial charge in [-0.25, -0.2) is 13.8 Å². The summed E-state index contributed by atoms with van der Waals surface area (Å²) in [5.41, 5.74) is 0. The van der Waals surface area contributed by atoms with Gasteiger partial charge < -0.3 is 19.1 Å². The van der Waals surface area contributed by atoms with Crippen LogP contribution in [0.25, 0.3) is 0 Å². The molecule has 0 bridgehead atoms. The Labute approximate surface area is 184 Å². The van der Waals surface area contributed by atoms with E-state index in [2.05, 4.69) is 4.98 Å². The van der Waals surface area contributed by atoms with E-state index in [-0.39, 0.29) is 24.4 Å². The van der Waals surface area contributed by atoms with Crippen LogP contribution in [-0.2, 0) is 4.79 Å². The predicted octanol–water partition coefficient (Wildman–Crippen LogP) is 4.60. The van der Waals surface area contributed by atoms with Gasteiger partial charge in [0.1, 0.15) is 23.4 Å². The molecule has 6 nitrogen and oxygen atoms in total. The van der Waals surface area contributed by atoms with Gasteiger partial charge in [-0.2, -0.15) is 0 Å². The topological polar surface area (TPSA) is 60.9 Å².